The van der Waals surface area contributed by atoms with Crippen molar-refractivity contribution < 1.29 is 23.1 Å². The van der Waals surface area contributed by atoms with Gasteiger partial charge >= 0.3 is 11.8 Å². The van der Waals surface area contributed by atoms with E-state index in [1.807, 2.05) is 24.3 Å². The van der Waals surface area contributed by atoms with Crippen molar-refractivity contribution in [2.75, 3.05) is 31.6 Å². The Kier molecular flexibility index (Phi) is 5.91. The van der Waals surface area contributed by atoms with Crippen molar-refractivity contribution in [3.63, 3.8) is 0 Å². The molecule has 0 saturated carbocycles. The van der Waals surface area contributed by atoms with Crippen molar-refractivity contribution in [2.24, 2.45) is 11.7 Å². The van der Waals surface area contributed by atoms with Crippen molar-refractivity contribution in [2.45, 2.75) is 24.4 Å². The van der Waals surface area contributed by atoms with E-state index in [-0.39, 0.29) is 24.2 Å². The van der Waals surface area contributed by atoms with Gasteiger partial charge in [0.25, 0.3) is 5.91 Å². The number of anilines is 1. The van der Waals surface area contributed by atoms with Crippen LogP contribution in [-0.2, 0) is 26.7 Å². The van der Waals surface area contributed by atoms with Gasteiger partial charge in [-0.1, -0.05) is 30.3 Å². The summed E-state index contributed by atoms with van der Waals surface area (Å²) in [6.07, 6.45) is 0.977. The number of rotatable bonds is 5. The van der Waals surface area contributed by atoms with E-state index in [1.54, 1.807) is 12.1 Å². The lowest BCUT2D eigenvalue weighted by Gasteiger charge is -2.33. The van der Waals surface area contributed by atoms with Crippen LogP contribution in [0.25, 0.3) is 11.1 Å². The zero-order valence-electron chi connectivity index (χ0n) is 18.1. The highest BCUT2D eigenvalue weighted by Gasteiger charge is 2.51. The number of hydrogen-bond donors (Lipinski definition) is 2. The fraction of sp³-hybridized carbons (Fsp3) is 0.375. The number of carbonyl (C=O) groups excluding carboxylic acids is 2. The monoisotopic (exact) mass is 454 g/mol. The summed E-state index contributed by atoms with van der Waals surface area (Å²) in [5.74, 6) is -6.22. The Balaban J connectivity index is 1.57. The second-order valence-corrected chi connectivity index (χ2v) is 8.39. The van der Waals surface area contributed by atoms with E-state index in [0.717, 1.165) is 22.4 Å². The van der Waals surface area contributed by atoms with Crippen molar-refractivity contribution in [3.8, 4) is 17.2 Å². The van der Waals surface area contributed by atoms with Crippen LogP contribution in [-0.4, -0.2) is 44.2 Å². The molecule has 2 amide bonds. The molecule has 2 atom stereocenters. The molecule has 172 valence electrons. The van der Waals surface area contributed by atoms with Gasteiger partial charge in [-0.25, -0.2) is 0 Å². The number of nitriles is 1. The van der Waals surface area contributed by atoms with Gasteiger partial charge in [-0.3, -0.25) is 9.59 Å². The maximum atomic E-state index is 14.1. The minimum absolute atomic E-state index is 0.171. The highest BCUT2D eigenvalue weighted by atomic mass is 19.3. The fourth-order valence-electron chi connectivity index (χ4n) is 4.40. The number of benzene rings is 2. The standard InChI is InChI=1S/C24H24F2N4O3/c1-30-20-12-17(7-8-19(20)24(25,26)22(30)32)16-5-3-15(4-6-16)11-18(13-27)23(21(28)31)14-29-9-2-10-33-23/h3-8,12,18,29H,2,9-11,14H2,1H3,(H2,28,31). The van der Waals surface area contributed by atoms with E-state index in [9.17, 15) is 23.6 Å². The largest absolute Gasteiger partial charge is 0.367 e. The Morgan fingerprint density at radius 1 is 1.27 bits per heavy atom. The predicted octanol–water partition coefficient (Wildman–Crippen LogP) is 2.34. The van der Waals surface area contributed by atoms with E-state index < -0.39 is 29.3 Å². The number of primary amides is 1. The number of amides is 2. The number of alkyl halides is 2. The summed E-state index contributed by atoms with van der Waals surface area (Å²) in [6.45, 7) is 1.18. The highest BCUT2D eigenvalue weighted by molar-refractivity contribution is 6.06. The van der Waals surface area contributed by atoms with E-state index in [2.05, 4.69) is 11.4 Å². The topological polar surface area (TPSA) is 108 Å². The number of halogens is 2. The first-order chi connectivity index (χ1) is 15.7. The Bertz CT molecular complexity index is 1120. The van der Waals surface area contributed by atoms with Gasteiger partial charge in [-0.15, -0.1) is 0 Å². The molecule has 2 heterocycles. The van der Waals surface area contributed by atoms with Crippen molar-refractivity contribution >= 4 is 17.5 Å². The third-order valence-electron chi connectivity index (χ3n) is 6.38. The quantitative estimate of drug-likeness (QED) is 0.721. The SMILES string of the molecule is CN1C(=O)C(F)(F)c2ccc(-c3ccc(CC(C#N)C4(C(N)=O)CNCCCO4)cc3)cc21. The zero-order chi connectivity index (χ0) is 23.8. The average Bonchev–Trinajstić information content (AvgIpc) is 3.00. The molecular formula is C24H24F2N4O3. The van der Waals surface area contributed by atoms with Gasteiger partial charge in [0, 0.05) is 20.2 Å². The molecule has 33 heavy (non-hydrogen) atoms. The van der Waals surface area contributed by atoms with Crippen molar-refractivity contribution in [3.05, 3.63) is 53.6 Å². The second kappa shape index (κ2) is 8.54. The van der Waals surface area contributed by atoms with Crippen molar-refractivity contribution in [1.29, 1.82) is 5.26 Å². The number of nitrogens with one attached hydrogen (secondary N) is 1. The molecule has 3 N–H and O–H groups in total. The molecule has 7 nitrogen and oxygen atoms in total. The maximum Gasteiger partial charge on any atom is 0.352 e. The molecule has 0 aromatic heterocycles. The normalized spacial score (nSPS) is 22.8. The van der Waals surface area contributed by atoms with Gasteiger partial charge < -0.3 is 20.7 Å². The maximum absolute atomic E-state index is 14.1. The van der Waals surface area contributed by atoms with Crippen LogP contribution in [0, 0.1) is 17.2 Å². The molecule has 2 aromatic carbocycles. The molecule has 0 spiro atoms. The molecule has 1 fully saturated rings. The van der Waals surface area contributed by atoms with Crippen LogP contribution in [0.5, 0.6) is 0 Å². The minimum Gasteiger partial charge on any atom is -0.367 e. The van der Waals surface area contributed by atoms with Crippen LogP contribution in [0.2, 0.25) is 0 Å². The molecule has 4 rings (SSSR count). The van der Waals surface area contributed by atoms with E-state index in [1.165, 1.54) is 13.1 Å². The average molecular weight is 454 g/mol. The molecular weight excluding hydrogens is 430 g/mol. The molecule has 2 aromatic rings. The molecule has 2 aliphatic rings. The first-order valence-electron chi connectivity index (χ1n) is 10.6. The van der Waals surface area contributed by atoms with Crippen LogP contribution in [0.1, 0.15) is 17.5 Å². The van der Waals surface area contributed by atoms with Crippen molar-refractivity contribution in [1.82, 2.24) is 5.32 Å². The second-order valence-electron chi connectivity index (χ2n) is 8.39. The molecule has 2 unspecified atom stereocenters. The first-order valence-corrected chi connectivity index (χ1v) is 10.6. The van der Waals surface area contributed by atoms with Gasteiger partial charge in [0.05, 0.1) is 23.2 Å². The third-order valence-corrected chi connectivity index (χ3v) is 6.38. The molecule has 2 aliphatic heterocycles. The van der Waals surface area contributed by atoms with E-state index >= 15 is 0 Å². The number of carbonyl (C=O) groups is 2. The number of likely N-dealkylation sites (N-methyl/N-ethyl adjacent to an activating group) is 1. The summed E-state index contributed by atoms with van der Waals surface area (Å²) in [7, 11) is 1.33. The summed E-state index contributed by atoms with van der Waals surface area (Å²) < 4.78 is 34.0. The van der Waals surface area contributed by atoms with Gasteiger partial charge in [-0.05, 0) is 48.2 Å². The Morgan fingerprint density at radius 2 is 1.97 bits per heavy atom. The summed E-state index contributed by atoms with van der Waals surface area (Å²) >= 11 is 0. The lowest BCUT2D eigenvalue weighted by molar-refractivity contribution is -0.147. The lowest BCUT2D eigenvalue weighted by Crippen LogP contribution is -2.57. The van der Waals surface area contributed by atoms with E-state index in [4.69, 9.17) is 10.5 Å². The van der Waals surface area contributed by atoms with Crippen LogP contribution in [0.4, 0.5) is 14.5 Å². The van der Waals surface area contributed by atoms with Gasteiger partial charge in [0.1, 0.15) is 0 Å². The predicted molar refractivity (Wildman–Crippen MR) is 117 cm³/mol. The first kappa shape index (κ1) is 22.8. The van der Waals surface area contributed by atoms with Crippen LogP contribution in [0.15, 0.2) is 42.5 Å². The number of nitrogens with zero attached hydrogens (tertiary/aromatic N) is 2. The molecule has 9 heteroatoms. The van der Waals surface area contributed by atoms with Crippen LogP contribution >= 0.6 is 0 Å². The zero-order valence-corrected chi connectivity index (χ0v) is 18.1. The highest BCUT2D eigenvalue weighted by Crippen LogP contribution is 2.44. The van der Waals surface area contributed by atoms with Gasteiger partial charge in [-0.2, -0.15) is 14.0 Å². The molecule has 0 radical (unpaired) electrons. The summed E-state index contributed by atoms with van der Waals surface area (Å²) in [4.78, 5) is 25.1. The minimum atomic E-state index is -3.52. The van der Waals surface area contributed by atoms with Crippen LogP contribution < -0.4 is 16.0 Å². The Morgan fingerprint density at radius 3 is 2.64 bits per heavy atom. The van der Waals surface area contributed by atoms with Crippen LogP contribution in [0.3, 0.4) is 0 Å². The smallest absolute Gasteiger partial charge is 0.352 e. The third kappa shape index (κ3) is 3.86. The fourth-order valence-corrected chi connectivity index (χ4v) is 4.40. The molecule has 1 saturated heterocycles. The number of nitrogens with two attached hydrogens (primary N) is 1. The van der Waals surface area contributed by atoms with Gasteiger partial charge in [0.2, 0.25) is 0 Å². The summed E-state index contributed by atoms with van der Waals surface area (Å²) in [5.41, 5.74) is 6.36. The van der Waals surface area contributed by atoms with Gasteiger partial charge in [0.15, 0.2) is 5.60 Å². The number of fused-ring (bicyclic) bond motifs is 1. The lowest BCUT2D eigenvalue weighted by atomic mass is 9.82. The molecule has 0 bridgehead atoms. The number of ether oxygens (including phenoxy) is 1. The van der Waals surface area contributed by atoms with E-state index in [0.29, 0.717) is 18.7 Å². The Hall–Kier alpha value is -3.35. The summed E-state index contributed by atoms with van der Waals surface area (Å²) in [5, 5.41) is 12.9. The number of hydrogen-bond acceptors (Lipinski definition) is 5. The summed E-state index contributed by atoms with van der Waals surface area (Å²) in [6, 6.07) is 13.8. The molecule has 0 aliphatic carbocycles. The Labute approximate surface area is 190 Å².